The fourth-order valence-corrected chi connectivity index (χ4v) is 3.89. The molecular weight excluding hydrogens is 281 g/mol. The first kappa shape index (κ1) is 13.5. The SMILES string of the molecule is ClCc1cccc(Cl)c1N1CCC2(CCOCC2)C1. The van der Waals surface area contributed by atoms with Crippen LogP contribution in [0, 0.1) is 5.41 Å². The van der Waals surface area contributed by atoms with E-state index in [0.29, 0.717) is 11.3 Å². The summed E-state index contributed by atoms with van der Waals surface area (Å²) in [6, 6.07) is 6.01. The Bertz CT molecular complexity index is 457. The van der Waals surface area contributed by atoms with Gasteiger partial charge in [0.1, 0.15) is 0 Å². The van der Waals surface area contributed by atoms with Gasteiger partial charge in [0.15, 0.2) is 0 Å². The Labute approximate surface area is 124 Å². The van der Waals surface area contributed by atoms with E-state index < -0.39 is 0 Å². The van der Waals surface area contributed by atoms with E-state index in [-0.39, 0.29) is 0 Å². The van der Waals surface area contributed by atoms with Crippen LogP contribution in [0.3, 0.4) is 0 Å². The normalized spacial score (nSPS) is 22.1. The van der Waals surface area contributed by atoms with Crippen molar-refractivity contribution in [3.63, 3.8) is 0 Å². The van der Waals surface area contributed by atoms with Gasteiger partial charge in [0, 0.05) is 32.2 Å². The number of benzene rings is 1. The highest BCUT2D eigenvalue weighted by molar-refractivity contribution is 6.33. The predicted octanol–water partition coefficient (Wildman–Crippen LogP) is 4.09. The van der Waals surface area contributed by atoms with Crippen molar-refractivity contribution in [1.29, 1.82) is 0 Å². The fourth-order valence-electron chi connectivity index (χ4n) is 3.36. The molecule has 2 fully saturated rings. The van der Waals surface area contributed by atoms with Gasteiger partial charge in [0.2, 0.25) is 0 Å². The number of rotatable bonds is 2. The van der Waals surface area contributed by atoms with Gasteiger partial charge in [0.05, 0.1) is 10.7 Å². The van der Waals surface area contributed by atoms with E-state index in [1.165, 1.54) is 19.3 Å². The van der Waals surface area contributed by atoms with E-state index in [9.17, 15) is 0 Å². The van der Waals surface area contributed by atoms with Gasteiger partial charge < -0.3 is 9.64 Å². The van der Waals surface area contributed by atoms with E-state index in [4.69, 9.17) is 27.9 Å². The summed E-state index contributed by atoms with van der Waals surface area (Å²) >= 11 is 12.4. The van der Waals surface area contributed by atoms with Crippen molar-refractivity contribution in [3.8, 4) is 0 Å². The Hall–Kier alpha value is -0.440. The zero-order valence-corrected chi connectivity index (χ0v) is 12.5. The van der Waals surface area contributed by atoms with Gasteiger partial charge in [-0.15, -0.1) is 11.6 Å². The largest absolute Gasteiger partial charge is 0.381 e. The van der Waals surface area contributed by atoms with Crippen LogP contribution in [0.4, 0.5) is 5.69 Å². The third kappa shape index (κ3) is 2.58. The molecule has 0 aliphatic carbocycles. The molecule has 0 N–H and O–H groups in total. The summed E-state index contributed by atoms with van der Waals surface area (Å²) in [5.74, 6) is 0.516. The molecule has 2 aliphatic heterocycles. The Morgan fingerprint density at radius 2 is 2.00 bits per heavy atom. The third-order valence-corrected chi connectivity index (χ3v) is 5.12. The summed E-state index contributed by atoms with van der Waals surface area (Å²) in [6.07, 6.45) is 3.58. The summed E-state index contributed by atoms with van der Waals surface area (Å²) in [5, 5.41) is 0.822. The Morgan fingerprint density at radius 1 is 1.21 bits per heavy atom. The van der Waals surface area contributed by atoms with E-state index >= 15 is 0 Å². The number of hydrogen-bond acceptors (Lipinski definition) is 2. The summed E-state index contributed by atoms with van der Waals surface area (Å²) in [7, 11) is 0. The van der Waals surface area contributed by atoms with Crippen LogP contribution in [-0.4, -0.2) is 26.3 Å². The van der Waals surface area contributed by atoms with E-state index in [2.05, 4.69) is 11.0 Å². The van der Waals surface area contributed by atoms with Crippen molar-refractivity contribution in [2.45, 2.75) is 25.1 Å². The Morgan fingerprint density at radius 3 is 2.74 bits per heavy atom. The van der Waals surface area contributed by atoms with Gasteiger partial charge in [-0.1, -0.05) is 23.7 Å². The van der Waals surface area contributed by atoms with Crippen LogP contribution in [0.15, 0.2) is 18.2 Å². The second kappa shape index (κ2) is 5.51. The highest BCUT2D eigenvalue weighted by Crippen LogP contribution is 2.43. The molecule has 104 valence electrons. The van der Waals surface area contributed by atoms with Gasteiger partial charge in [-0.2, -0.15) is 0 Å². The highest BCUT2D eigenvalue weighted by Gasteiger charge is 2.40. The predicted molar refractivity (Wildman–Crippen MR) is 80.3 cm³/mol. The standard InChI is InChI=1S/C15H19Cl2NO/c16-10-12-2-1-3-13(17)14(12)18-7-4-15(11-18)5-8-19-9-6-15/h1-3H,4-11H2. The molecule has 19 heavy (non-hydrogen) atoms. The van der Waals surface area contributed by atoms with E-state index in [1.807, 2.05) is 12.1 Å². The second-order valence-corrected chi connectivity index (χ2v) is 6.34. The van der Waals surface area contributed by atoms with Crippen molar-refractivity contribution in [2.24, 2.45) is 5.41 Å². The molecule has 0 atom stereocenters. The molecule has 0 saturated carbocycles. The number of ether oxygens (including phenoxy) is 1. The number of hydrogen-bond donors (Lipinski definition) is 0. The van der Waals surface area contributed by atoms with Crippen molar-refractivity contribution in [1.82, 2.24) is 0 Å². The molecular formula is C15H19Cl2NO. The molecule has 1 aromatic rings. The summed E-state index contributed by atoms with van der Waals surface area (Å²) < 4.78 is 5.50. The van der Waals surface area contributed by atoms with Crippen LogP contribution in [0.25, 0.3) is 0 Å². The van der Waals surface area contributed by atoms with Crippen LogP contribution >= 0.6 is 23.2 Å². The zero-order valence-electron chi connectivity index (χ0n) is 11.0. The van der Waals surface area contributed by atoms with Crippen molar-refractivity contribution in [3.05, 3.63) is 28.8 Å². The van der Waals surface area contributed by atoms with Gasteiger partial charge in [0.25, 0.3) is 0 Å². The molecule has 3 rings (SSSR count). The lowest BCUT2D eigenvalue weighted by molar-refractivity contribution is 0.0254. The molecule has 0 radical (unpaired) electrons. The summed E-state index contributed by atoms with van der Waals surface area (Å²) in [5.41, 5.74) is 2.71. The summed E-state index contributed by atoms with van der Waals surface area (Å²) in [6.45, 7) is 3.97. The molecule has 0 amide bonds. The highest BCUT2D eigenvalue weighted by atomic mass is 35.5. The van der Waals surface area contributed by atoms with Crippen molar-refractivity contribution in [2.75, 3.05) is 31.2 Å². The molecule has 2 aliphatic rings. The number of nitrogens with zero attached hydrogens (tertiary/aromatic N) is 1. The molecule has 0 unspecified atom stereocenters. The molecule has 0 bridgehead atoms. The van der Waals surface area contributed by atoms with Gasteiger partial charge >= 0.3 is 0 Å². The minimum absolute atomic E-state index is 0.432. The van der Waals surface area contributed by atoms with Crippen LogP contribution in [0.5, 0.6) is 0 Å². The lowest BCUT2D eigenvalue weighted by atomic mass is 9.80. The quantitative estimate of drug-likeness (QED) is 0.763. The smallest absolute Gasteiger partial charge is 0.0642 e. The van der Waals surface area contributed by atoms with Gasteiger partial charge in [-0.05, 0) is 36.3 Å². The first-order valence-corrected chi connectivity index (χ1v) is 7.81. The van der Waals surface area contributed by atoms with E-state index in [1.54, 1.807) is 0 Å². The minimum atomic E-state index is 0.432. The van der Waals surface area contributed by atoms with Crippen LogP contribution in [0.1, 0.15) is 24.8 Å². The maximum Gasteiger partial charge on any atom is 0.0642 e. The lowest BCUT2D eigenvalue weighted by Crippen LogP contribution is -2.33. The maximum absolute atomic E-state index is 6.39. The molecule has 2 heterocycles. The third-order valence-electron chi connectivity index (χ3n) is 4.52. The van der Waals surface area contributed by atoms with E-state index in [0.717, 1.165) is 42.6 Å². The first-order valence-electron chi connectivity index (χ1n) is 6.90. The number of para-hydroxylation sites is 1. The zero-order chi connectivity index (χ0) is 13.3. The number of alkyl halides is 1. The van der Waals surface area contributed by atoms with Crippen LogP contribution in [-0.2, 0) is 10.6 Å². The Balaban J connectivity index is 1.84. The monoisotopic (exact) mass is 299 g/mol. The fraction of sp³-hybridized carbons (Fsp3) is 0.600. The van der Waals surface area contributed by atoms with Gasteiger partial charge in [-0.25, -0.2) is 0 Å². The molecule has 4 heteroatoms. The van der Waals surface area contributed by atoms with Crippen LogP contribution in [0.2, 0.25) is 5.02 Å². The maximum atomic E-state index is 6.39. The number of halogens is 2. The second-order valence-electron chi connectivity index (χ2n) is 5.67. The molecule has 1 aromatic carbocycles. The molecule has 2 saturated heterocycles. The molecule has 2 nitrogen and oxygen atoms in total. The molecule has 0 aromatic heterocycles. The average Bonchev–Trinajstić information content (AvgIpc) is 2.82. The first-order chi connectivity index (χ1) is 9.24. The van der Waals surface area contributed by atoms with Crippen molar-refractivity contribution >= 4 is 28.9 Å². The number of anilines is 1. The Kier molecular flexibility index (Phi) is 3.93. The van der Waals surface area contributed by atoms with Crippen molar-refractivity contribution < 1.29 is 4.74 Å². The topological polar surface area (TPSA) is 12.5 Å². The minimum Gasteiger partial charge on any atom is -0.381 e. The lowest BCUT2D eigenvalue weighted by Gasteiger charge is -2.34. The average molecular weight is 300 g/mol. The molecule has 1 spiro atoms. The van der Waals surface area contributed by atoms with Crippen LogP contribution < -0.4 is 4.90 Å². The van der Waals surface area contributed by atoms with Gasteiger partial charge in [-0.3, -0.25) is 0 Å². The summed E-state index contributed by atoms with van der Waals surface area (Å²) in [4.78, 5) is 2.42.